The molecule has 2 N–H and O–H groups in total. The lowest BCUT2D eigenvalue weighted by Gasteiger charge is -2.36. The quantitative estimate of drug-likeness (QED) is 0.798. The molecule has 2 aromatic carbocycles. The van der Waals surface area contributed by atoms with Gasteiger partial charge < -0.3 is 20.1 Å². The summed E-state index contributed by atoms with van der Waals surface area (Å²) in [6.07, 6.45) is -0.552. The molecule has 7 nitrogen and oxygen atoms in total. The highest BCUT2D eigenvalue weighted by molar-refractivity contribution is 6.33. The van der Waals surface area contributed by atoms with Gasteiger partial charge in [-0.05, 0) is 48.9 Å². The van der Waals surface area contributed by atoms with Crippen molar-refractivity contribution in [3.05, 3.63) is 52.5 Å². The highest BCUT2D eigenvalue weighted by Gasteiger charge is 2.26. The maximum Gasteiger partial charge on any atom is 0.335 e. The zero-order valence-electron chi connectivity index (χ0n) is 16.0. The molecule has 0 radical (unpaired) electrons. The van der Waals surface area contributed by atoms with Gasteiger partial charge in [-0.25, -0.2) is 4.79 Å². The molecule has 0 saturated carbocycles. The second kappa shape index (κ2) is 7.93. The van der Waals surface area contributed by atoms with Crippen molar-refractivity contribution in [2.75, 3.05) is 36.4 Å². The Morgan fingerprint density at radius 1 is 1.21 bits per heavy atom. The van der Waals surface area contributed by atoms with Crippen molar-refractivity contribution in [2.45, 2.75) is 19.6 Å². The van der Waals surface area contributed by atoms with Crippen LogP contribution >= 0.6 is 11.6 Å². The number of carboxylic acids is 1. The van der Waals surface area contributed by atoms with E-state index >= 15 is 0 Å². The number of carboxylic acid groups (broad SMARTS) is 1. The van der Waals surface area contributed by atoms with Crippen LogP contribution in [0.1, 0.15) is 22.8 Å². The van der Waals surface area contributed by atoms with E-state index in [1.807, 2.05) is 24.3 Å². The maximum absolute atomic E-state index is 11.9. The summed E-state index contributed by atoms with van der Waals surface area (Å²) in [6.45, 7) is 5.86. The molecule has 0 aliphatic carbocycles. The molecule has 0 spiro atoms. The molecule has 1 amide bonds. The van der Waals surface area contributed by atoms with Crippen molar-refractivity contribution in [3.8, 4) is 5.75 Å². The van der Waals surface area contributed by atoms with Crippen molar-refractivity contribution < 1.29 is 19.4 Å². The number of halogens is 1. The lowest BCUT2D eigenvalue weighted by molar-refractivity contribution is -0.122. The number of anilines is 2. The van der Waals surface area contributed by atoms with E-state index in [0.29, 0.717) is 22.0 Å². The molecule has 1 saturated heterocycles. The van der Waals surface area contributed by atoms with Gasteiger partial charge in [0.2, 0.25) is 0 Å². The minimum atomic E-state index is -0.916. The molecule has 1 fully saturated rings. The second-order valence-electron chi connectivity index (χ2n) is 7.32. The number of piperazine rings is 1. The number of aromatic carboxylic acids is 1. The Morgan fingerprint density at radius 2 is 1.90 bits per heavy atom. The number of carbonyl (C=O) groups is 2. The second-order valence-corrected chi connectivity index (χ2v) is 7.73. The van der Waals surface area contributed by atoms with Crippen molar-refractivity contribution in [2.24, 2.45) is 0 Å². The Bertz CT molecular complexity index is 940. The van der Waals surface area contributed by atoms with Crippen LogP contribution in [-0.2, 0) is 11.3 Å². The number of fused-ring (bicyclic) bond motifs is 1. The molecule has 2 heterocycles. The van der Waals surface area contributed by atoms with Gasteiger partial charge in [-0.1, -0.05) is 11.6 Å². The molecule has 8 heteroatoms. The van der Waals surface area contributed by atoms with Gasteiger partial charge in [-0.15, -0.1) is 0 Å². The lowest BCUT2D eigenvalue weighted by Crippen LogP contribution is -2.46. The fourth-order valence-electron chi connectivity index (χ4n) is 3.66. The van der Waals surface area contributed by atoms with Crippen LogP contribution in [0.4, 0.5) is 11.4 Å². The number of amides is 1. The summed E-state index contributed by atoms with van der Waals surface area (Å²) in [5.74, 6) is -0.563. The summed E-state index contributed by atoms with van der Waals surface area (Å²) >= 11 is 6.37. The third kappa shape index (κ3) is 4.16. The van der Waals surface area contributed by atoms with E-state index in [2.05, 4.69) is 15.1 Å². The molecular formula is C21H22ClN3O4. The van der Waals surface area contributed by atoms with Gasteiger partial charge in [-0.2, -0.15) is 0 Å². The summed E-state index contributed by atoms with van der Waals surface area (Å²) in [7, 11) is 0. The molecule has 2 aromatic rings. The van der Waals surface area contributed by atoms with E-state index in [9.17, 15) is 9.59 Å². The molecule has 4 rings (SSSR count). The van der Waals surface area contributed by atoms with E-state index in [1.54, 1.807) is 19.1 Å². The fourth-order valence-corrected chi connectivity index (χ4v) is 3.94. The predicted molar refractivity (Wildman–Crippen MR) is 111 cm³/mol. The number of hydrogen-bond donors (Lipinski definition) is 2. The first-order valence-electron chi connectivity index (χ1n) is 9.51. The van der Waals surface area contributed by atoms with Gasteiger partial charge in [0.05, 0.1) is 16.3 Å². The molecule has 152 valence electrons. The average molecular weight is 416 g/mol. The smallest absolute Gasteiger partial charge is 0.335 e. The molecular weight excluding hydrogens is 394 g/mol. The standard InChI is InChI=1S/C21H22ClN3O4/c1-13-20(26)23-18-11-14(10-17(22)19(18)29-13)12-24-6-8-25(9-7-24)16-4-2-15(3-5-16)21(27)28/h2-5,10-11,13H,6-9,12H2,1H3,(H,23,26)(H,27,28). The molecule has 0 aromatic heterocycles. The Kier molecular flexibility index (Phi) is 5.34. The number of carbonyl (C=O) groups excluding carboxylic acids is 1. The van der Waals surface area contributed by atoms with Crippen LogP contribution in [0.2, 0.25) is 5.02 Å². The topological polar surface area (TPSA) is 82.1 Å². The Balaban J connectivity index is 1.39. The largest absolute Gasteiger partial charge is 0.478 e. The maximum atomic E-state index is 11.9. The Labute approximate surface area is 173 Å². The van der Waals surface area contributed by atoms with Crippen molar-refractivity contribution in [1.82, 2.24) is 4.90 Å². The van der Waals surface area contributed by atoms with Gasteiger partial charge in [0.1, 0.15) is 0 Å². The van der Waals surface area contributed by atoms with Gasteiger partial charge in [-0.3, -0.25) is 9.69 Å². The minimum absolute atomic E-state index is 0.173. The monoisotopic (exact) mass is 415 g/mol. The van der Waals surface area contributed by atoms with Crippen LogP contribution in [0.15, 0.2) is 36.4 Å². The third-order valence-corrected chi connectivity index (χ3v) is 5.56. The van der Waals surface area contributed by atoms with Crippen LogP contribution in [-0.4, -0.2) is 54.2 Å². The van der Waals surface area contributed by atoms with Gasteiger partial charge in [0, 0.05) is 38.4 Å². The highest BCUT2D eigenvalue weighted by atomic mass is 35.5. The average Bonchev–Trinajstić information content (AvgIpc) is 2.70. The third-order valence-electron chi connectivity index (χ3n) is 5.28. The van der Waals surface area contributed by atoms with Crippen molar-refractivity contribution in [1.29, 1.82) is 0 Å². The first kappa shape index (κ1) is 19.5. The molecule has 0 bridgehead atoms. The van der Waals surface area contributed by atoms with E-state index in [4.69, 9.17) is 21.4 Å². The summed E-state index contributed by atoms with van der Waals surface area (Å²) in [5.41, 5.74) is 2.96. The lowest BCUT2D eigenvalue weighted by atomic mass is 10.1. The molecule has 29 heavy (non-hydrogen) atoms. The summed E-state index contributed by atoms with van der Waals surface area (Å²) in [6, 6.07) is 10.8. The summed E-state index contributed by atoms with van der Waals surface area (Å²) in [4.78, 5) is 27.4. The number of nitrogens with one attached hydrogen (secondary N) is 1. The Morgan fingerprint density at radius 3 is 2.55 bits per heavy atom. The van der Waals surface area contributed by atoms with Gasteiger partial charge >= 0.3 is 5.97 Å². The number of rotatable bonds is 4. The van der Waals surface area contributed by atoms with E-state index < -0.39 is 12.1 Å². The molecule has 2 aliphatic rings. The van der Waals surface area contributed by atoms with Gasteiger partial charge in [0.25, 0.3) is 5.91 Å². The first-order valence-corrected chi connectivity index (χ1v) is 9.89. The van der Waals surface area contributed by atoms with Gasteiger partial charge in [0.15, 0.2) is 11.9 Å². The number of ether oxygens (including phenoxy) is 1. The SMILES string of the molecule is CC1Oc2c(Cl)cc(CN3CCN(c4ccc(C(=O)O)cc4)CC3)cc2NC1=O. The van der Waals surface area contributed by atoms with E-state index in [-0.39, 0.29) is 5.91 Å². The minimum Gasteiger partial charge on any atom is -0.478 e. The molecule has 2 aliphatic heterocycles. The first-order chi connectivity index (χ1) is 13.9. The zero-order valence-corrected chi connectivity index (χ0v) is 16.8. The van der Waals surface area contributed by atoms with Crippen molar-refractivity contribution >= 4 is 34.9 Å². The number of hydrogen-bond acceptors (Lipinski definition) is 5. The van der Waals surface area contributed by atoms with Crippen LogP contribution in [0.25, 0.3) is 0 Å². The number of benzene rings is 2. The Hall–Kier alpha value is -2.77. The zero-order chi connectivity index (χ0) is 20.5. The highest BCUT2D eigenvalue weighted by Crippen LogP contribution is 2.38. The van der Waals surface area contributed by atoms with Crippen LogP contribution in [0.5, 0.6) is 5.75 Å². The molecule has 1 atom stereocenters. The van der Waals surface area contributed by atoms with Crippen LogP contribution in [0.3, 0.4) is 0 Å². The van der Waals surface area contributed by atoms with Crippen LogP contribution in [0, 0.1) is 0 Å². The normalized spacial score (nSPS) is 19.3. The summed E-state index contributed by atoms with van der Waals surface area (Å²) in [5, 5.41) is 12.4. The fraction of sp³-hybridized carbons (Fsp3) is 0.333. The van der Waals surface area contributed by atoms with Crippen LogP contribution < -0.4 is 15.0 Å². The number of nitrogens with zero attached hydrogens (tertiary/aromatic N) is 2. The van der Waals surface area contributed by atoms with E-state index in [1.165, 1.54) is 0 Å². The summed E-state index contributed by atoms with van der Waals surface area (Å²) < 4.78 is 5.61. The molecule has 1 unspecified atom stereocenters. The predicted octanol–water partition coefficient (Wildman–Crippen LogP) is 3.08. The van der Waals surface area contributed by atoms with Crippen molar-refractivity contribution in [3.63, 3.8) is 0 Å². The van der Waals surface area contributed by atoms with E-state index in [0.717, 1.165) is 44.0 Å².